The van der Waals surface area contributed by atoms with E-state index >= 15 is 0 Å². The number of benzene rings is 1. The third-order valence-corrected chi connectivity index (χ3v) is 3.32. The van der Waals surface area contributed by atoms with Crippen LogP contribution in [0.15, 0.2) is 24.3 Å². The van der Waals surface area contributed by atoms with Crippen LogP contribution in [0.5, 0.6) is 0 Å². The molecule has 1 N–H and O–H groups in total. The van der Waals surface area contributed by atoms with E-state index in [0.717, 1.165) is 17.1 Å². The molecule has 106 valence electrons. The van der Waals surface area contributed by atoms with Crippen LogP contribution in [0.4, 0.5) is 5.82 Å². The molecule has 0 bridgehead atoms. The number of hydrogen-bond acceptors (Lipinski definition) is 4. The average Bonchev–Trinajstić information content (AvgIpc) is 2.42. The fraction of sp³-hybridized carbons (Fsp3) is 0.286. The lowest BCUT2D eigenvalue weighted by atomic mass is 10.1. The van der Waals surface area contributed by atoms with E-state index in [9.17, 15) is 0 Å². The molecule has 0 radical (unpaired) electrons. The monoisotopic (exact) mass is 311 g/mol. The quantitative estimate of drug-likeness (QED) is 0.917. The lowest BCUT2D eigenvalue weighted by Gasteiger charge is -2.08. The van der Waals surface area contributed by atoms with E-state index in [1.165, 1.54) is 0 Å². The van der Waals surface area contributed by atoms with Gasteiger partial charge in [0.1, 0.15) is 11.6 Å². The lowest BCUT2D eigenvalue weighted by Crippen LogP contribution is -2.05. The molecule has 0 fully saturated rings. The van der Waals surface area contributed by atoms with Crippen LogP contribution in [0.3, 0.4) is 0 Å². The molecule has 6 heteroatoms. The Balaban J connectivity index is 2.29. The maximum absolute atomic E-state index is 6.17. The van der Waals surface area contributed by atoms with Crippen LogP contribution < -0.4 is 5.32 Å². The van der Waals surface area contributed by atoms with Gasteiger partial charge >= 0.3 is 0 Å². The predicted molar refractivity (Wildman–Crippen MR) is 81.6 cm³/mol. The van der Waals surface area contributed by atoms with Crippen molar-refractivity contribution in [1.82, 2.24) is 9.97 Å². The largest absolute Gasteiger partial charge is 0.378 e. The third kappa shape index (κ3) is 3.82. The number of anilines is 1. The van der Waals surface area contributed by atoms with Gasteiger partial charge in [-0.1, -0.05) is 29.3 Å². The van der Waals surface area contributed by atoms with E-state index < -0.39 is 0 Å². The Kier molecular flexibility index (Phi) is 5.17. The van der Waals surface area contributed by atoms with Crippen molar-refractivity contribution in [3.05, 3.63) is 51.4 Å². The van der Waals surface area contributed by atoms with Crippen molar-refractivity contribution in [2.75, 3.05) is 19.5 Å². The van der Waals surface area contributed by atoms with Crippen molar-refractivity contribution in [3.8, 4) is 0 Å². The highest BCUT2D eigenvalue weighted by molar-refractivity contribution is 6.35. The Hall–Kier alpha value is -1.36. The summed E-state index contributed by atoms with van der Waals surface area (Å²) < 4.78 is 5.11. The number of ether oxygens (including phenoxy) is 1. The van der Waals surface area contributed by atoms with Gasteiger partial charge in [0.05, 0.1) is 12.3 Å². The maximum Gasteiger partial charge on any atom is 0.135 e. The van der Waals surface area contributed by atoms with Gasteiger partial charge < -0.3 is 10.1 Å². The molecule has 4 nitrogen and oxygen atoms in total. The number of aromatic nitrogens is 2. The summed E-state index contributed by atoms with van der Waals surface area (Å²) in [6, 6.07) is 7.27. The van der Waals surface area contributed by atoms with Gasteiger partial charge in [-0.2, -0.15) is 0 Å². The molecule has 0 saturated carbocycles. The number of nitrogens with one attached hydrogen (secondary N) is 1. The van der Waals surface area contributed by atoms with E-state index in [-0.39, 0.29) is 0 Å². The molecule has 0 saturated heterocycles. The summed E-state index contributed by atoms with van der Waals surface area (Å²) in [4.78, 5) is 8.89. The first-order valence-electron chi connectivity index (χ1n) is 6.10. The molecule has 2 aromatic rings. The first-order chi connectivity index (χ1) is 9.62. The molecular weight excluding hydrogens is 297 g/mol. The average molecular weight is 312 g/mol. The summed E-state index contributed by atoms with van der Waals surface area (Å²) in [5, 5.41) is 4.24. The fourth-order valence-corrected chi connectivity index (χ4v) is 2.29. The van der Waals surface area contributed by atoms with E-state index in [1.54, 1.807) is 19.2 Å². The molecule has 2 rings (SSSR count). The van der Waals surface area contributed by atoms with Crippen molar-refractivity contribution >= 4 is 29.0 Å². The van der Waals surface area contributed by atoms with Crippen LogP contribution in [0, 0.1) is 0 Å². The highest BCUT2D eigenvalue weighted by atomic mass is 35.5. The predicted octanol–water partition coefficient (Wildman–Crippen LogP) is 3.56. The molecule has 0 amide bonds. The smallest absolute Gasteiger partial charge is 0.135 e. The van der Waals surface area contributed by atoms with Crippen molar-refractivity contribution in [2.45, 2.75) is 13.0 Å². The van der Waals surface area contributed by atoms with Gasteiger partial charge in [0.2, 0.25) is 0 Å². The molecule has 0 spiro atoms. The second-order valence-electron chi connectivity index (χ2n) is 4.26. The Morgan fingerprint density at radius 3 is 2.65 bits per heavy atom. The van der Waals surface area contributed by atoms with E-state index in [4.69, 9.17) is 27.9 Å². The molecular formula is C14H15Cl2N3O. The van der Waals surface area contributed by atoms with E-state index in [1.807, 2.05) is 19.2 Å². The van der Waals surface area contributed by atoms with Crippen LogP contribution in [-0.4, -0.2) is 24.1 Å². The van der Waals surface area contributed by atoms with Crippen LogP contribution in [0.25, 0.3) is 0 Å². The van der Waals surface area contributed by atoms with Crippen LogP contribution >= 0.6 is 23.2 Å². The van der Waals surface area contributed by atoms with Gasteiger partial charge in [0.25, 0.3) is 0 Å². The number of nitrogens with zero attached hydrogens (tertiary/aromatic N) is 2. The Bertz CT molecular complexity index is 605. The highest BCUT2D eigenvalue weighted by Gasteiger charge is 2.08. The molecule has 0 aliphatic carbocycles. The van der Waals surface area contributed by atoms with Crippen molar-refractivity contribution in [2.24, 2.45) is 0 Å². The maximum atomic E-state index is 6.17. The van der Waals surface area contributed by atoms with Gasteiger partial charge in [-0.25, -0.2) is 9.97 Å². The van der Waals surface area contributed by atoms with Gasteiger partial charge in [-0.05, 0) is 17.7 Å². The molecule has 0 atom stereocenters. The SMILES string of the molecule is CNc1cc(COC)nc(Cc2ccc(Cl)cc2Cl)n1. The zero-order valence-corrected chi connectivity index (χ0v) is 12.8. The molecule has 1 aromatic heterocycles. The summed E-state index contributed by atoms with van der Waals surface area (Å²) in [6.07, 6.45) is 0.544. The normalized spacial score (nSPS) is 10.6. The van der Waals surface area contributed by atoms with Gasteiger partial charge in [0, 0.05) is 36.7 Å². The minimum Gasteiger partial charge on any atom is -0.378 e. The summed E-state index contributed by atoms with van der Waals surface area (Å²) in [7, 11) is 3.45. The first-order valence-corrected chi connectivity index (χ1v) is 6.85. The standard InChI is InChI=1S/C14H15Cl2N3O/c1-17-13-7-11(8-20-2)18-14(19-13)5-9-3-4-10(15)6-12(9)16/h3-4,6-7H,5,8H2,1-2H3,(H,17,18,19). The Morgan fingerprint density at radius 1 is 1.20 bits per heavy atom. The van der Waals surface area contributed by atoms with Crippen molar-refractivity contribution in [1.29, 1.82) is 0 Å². The van der Waals surface area contributed by atoms with Crippen molar-refractivity contribution in [3.63, 3.8) is 0 Å². The molecule has 0 aliphatic heterocycles. The molecule has 20 heavy (non-hydrogen) atoms. The fourth-order valence-electron chi connectivity index (χ4n) is 1.82. The molecule has 1 aromatic carbocycles. The number of methoxy groups -OCH3 is 1. The van der Waals surface area contributed by atoms with Gasteiger partial charge in [-0.3, -0.25) is 0 Å². The molecule has 0 unspecified atom stereocenters. The summed E-state index contributed by atoms with van der Waals surface area (Å²) >= 11 is 12.1. The Labute approximate surface area is 128 Å². The minimum atomic E-state index is 0.443. The number of hydrogen-bond donors (Lipinski definition) is 1. The zero-order chi connectivity index (χ0) is 14.5. The van der Waals surface area contributed by atoms with Gasteiger partial charge in [-0.15, -0.1) is 0 Å². The van der Waals surface area contributed by atoms with Gasteiger partial charge in [0.15, 0.2) is 0 Å². The summed E-state index contributed by atoms with van der Waals surface area (Å²) in [5.74, 6) is 1.44. The van der Waals surface area contributed by atoms with E-state index in [2.05, 4.69) is 15.3 Å². The first kappa shape index (κ1) is 15.0. The van der Waals surface area contributed by atoms with Crippen molar-refractivity contribution < 1.29 is 4.74 Å². The molecule has 0 aliphatic rings. The topological polar surface area (TPSA) is 47.0 Å². The number of rotatable bonds is 5. The zero-order valence-electron chi connectivity index (χ0n) is 11.3. The summed E-state index contributed by atoms with van der Waals surface area (Å²) in [5.41, 5.74) is 1.76. The minimum absolute atomic E-state index is 0.443. The van der Waals surface area contributed by atoms with E-state index in [0.29, 0.717) is 28.9 Å². The molecule has 1 heterocycles. The van der Waals surface area contributed by atoms with Crippen LogP contribution in [-0.2, 0) is 17.8 Å². The number of halogens is 2. The Morgan fingerprint density at radius 2 is 2.00 bits per heavy atom. The highest BCUT2D eigenvalue weighted by Crippen LogP contribution is 2.23. The summed E-state index contributed by atoms with van der Waals surface area (Å²) in [6.45, 7) is 0.443. The van der Waals surface area contributed by atoms with Crippen LogP contribution in [0.1, 0.15) is 17.1 Å². The van der Waals surface area contributed by atoms with Crippen LogP contribution in [0.2, 0.25) is 10.0 Å². The third-order valence-electron chi connectivity index (χ3n) is 2.74. The second-order valence-corrected chi connectivity index (χ2v) is 5.10. The second kappa shape index (κ2) is 6.88. The lowest BCUT2D eigenvalue weighted by molar-refractivity contribution is 0.181.